The zero-order chi connectivity index (χ0) is 11.7. The fourth-order valence-corrected chi connectivity index (χ4v) is 2.36. The van der Waals surface area contributed by atoms with E-state index < -0.39 is 0 Å². The molecule has 0 amide bonds. The van der Waals surface area contributed by atoms with Crippen molar-refractivity contribution in [1.82, 2.24) is 4.57 Å². The molecule has 1 heterocycles. The van der Waals surface area contributed by atoms with E-state index in [2.05, 4.69) is 43.7 Å². The van der Waals surface area contributed by atoms with E-state index in [1.807, 2.05) is 0 Å². The van der Waals surface area contributed by atoms with Gasteiger partial charge in [-0.15, -0.1) is 0 Å². The molecule has 0 bridgehead atoms. The van der Waals surface area contributed by atoms with Crippen molar-refractivity contribution in [3.8, 4) is 0 Å². The summed E-state index contributed by atoms with van der Waals surface area (Å²) in [5.41, 5.74) is 11.1. The van der Waals surface area contributed by atoms with Gasteiger partial charge in [-0.1, -0.05) is 11.6 Å². The minimum absolute atomic E-state index is 0.766. The van der Waals surface area contributed by atoms with Gasteiger partial charge in [0.1, 0.15) is 0 Å². The van der Waals surface area contributed by atoms with Crippen LogP contribution in [-0.4, -0.2) is 11.1 Å². The molecule has 0 aliphatic rings. The second-order valence-electron chi connectivity index (χ2n) is 4.54. The smallest absolute Gasteiger partial charge is 0.0482 e. The number of nitrogens with two attached hydrogens (primary N) is 1. The molecule has 0 aliphatic carbocycles. The summed E-state index contributed by atoms with van der Waals surface area (Å²) in [6, 6.07) is 6.67. The Balaban J connectivity index is 2.61. The summed E-state index contributed by atoms with van der Waals surface area (Å²) >= 11 is 0. The maximum absolute atomic E-state index is 5.60. The first-order valence-electron chi connectivity index (χ1n) is 5.89. The van der Waals surface area contributed by atoms with Crippen LogP contribution in [0.2, 0.25) is 0 Å². The van der Waals surface area contributed by atoms with Crippen molar-refractivity contribution in [2.75, 3.05) is 6.54 Å². The largest absolute Gasteiger partial charge is 0.348 e. The summed E-state index contributed by atoms with van der Waals surface area (Å²) in [6.07, 6.45) is 2.15. The molecule has 0 unspecified atom stereocenters. The number of benzene rings is 1. The second-order valence-corrected chi connectivity index (χ2v) is 4.54. The van der Waals surface area contributed by atoms with Gasteiger partial charge in [0.2, 0.25) is 0 Å². The lowest BCUT2D eigenvalue weighted by molar-refractivity contribution is 0.816. The Kier molecular flexibility index (Phi) is 3.01. The SMILES string of the molecule is Cc1ccc2c(c1)c(CCCN)c(C)n2C. The van der Waals surface area contributed by atoms with Crippen LogP contribution >= 0.6 is 0 Å². The number of hydrogen-bond donors (Lipinski definition) is 1. The molecular weight excluding hydrogens is 196 g/mol. The van der Waals surface area contributed by atoms with E-state index in [1.54, 1.807) is 0 Å². The zero-order valence-electron chi connectivity index (χ0n) is 10.4. The topological polar surface area (TPSA) is 30.9 Å². The van der Waals surface area contributed by atoms with E-state index in [9.17, 15) is 0 Å². The monoisotopic (exact) mass is 216 g/mol. The number of hydrogen-bond acceptors (Lipinski definition) is 1. The Morgan fingerprint density at radius 3 is 2.69 bits per heavy atom. The predicted molar refractivity (Wildman–Crippen MR) is 69.8 cm³/mol. The van der Waals surface area contributed by atoms with Crippen LogP contribution in [0.3, 0.4) is 0 Å². The van der Waals surface area contributed by atoms with Gasteiger partial charge in [-0.2, -0.15) is 0 Å². The zero-order valence-corrected chi connectivity index (χ0v) is 10.4. The molecule has 0 saturated carbocycles. The molecular formula is C14H20N2. The van der Waals surface area contributed by atoms with E-state index in [4.69, 9.17) is 5.73 Å². The lowest BCUT2D eigenvalue weighted by Gasteiger charge is -2.01. The van der Waals surface area contributed by atoms with Gasteiger partial charge in [0.05, 0.1) is 0 Å². The van der Waals surface area contributed by atoms with Crippen LogP contribution in [0.25, 0.3) is 10.9 Å². The van der Waals surface area contributed by atoms with Crippen LogP contribution < -0.4 is 5.73 Å². The van der Waals surface area contributed by atoms with Crippen LogP contribution in [0.5, 0.6) is 0 Å². The summed E-state index contributed by atoms with van der Waals surface area (Å²) < 4.78 is 2.28. The van der Waals surface area contributed by atoms with Gasteiger partial charge in [0.15, 0.2) is 0 Å². The van der Waals surface area contributed by atoms with Crippen molar-refractivity contribution in [3.63, 3.8) is 0 Å². The van der Waals surface area contributed by atoms with Crippen LogP contribution in [-0.2, 0) is 13.5 Å². The van der Waals surface area contributed by atoms with Crippen molar-refractivity contribution in [3.05, 3.63) is 35.0 Å². The predicted octanol–water partition coefficient (Wildman–Crippen LogP) is 2.69. The number of fused-ring (bicyclic) bond motifs is 1. The van der Waals surface area contributed by atoms with Gasteiger partial charge in [-0.05, 0) is 50.9 Å². The first kappa shape index (κ1) is 11.2. The highest BCUT2D eigenvalue weighted by Gasteiger charge is 2.10. The minimum Gasteiger partial charge on any atom is -0.348 e. The molecule has 0 fully saturated rings. The minimum atomic E-state index is 0.766. The Hall–Kier alpha value is -1.28. The Bertz CT molecular complexity index is 509. The summed E-state index contributed by atoms with van der Waals surface area (Å²) in [6.45, 7) is 5.11. The molecule has 2 nitrogen and oxygen atoms in total. The molecule has 1 aromatic heterocycles. The normalized spacial score (nSPS) is 11.2. The average molecular weight is 216 g/mol. The van der Waals surface area contributed by atoms with Gasteiger partial charge >= 0.3 is 0 Å². The highest BCUT2D eigenvalue weighted by atomic mass is 14.9. The third-order valence-electron chi connectivity index (χ3n) is 3.41. The lowest BCUT2D eigenvalue weighted by Crippen LogP contribution is -2.01. The van der Waals surface area contributed by atoms with E-state index in [0.29, 0.717) is 0 Å². The maximum atomic E-state index is 5.60. The van der Waals surface area contributed by atoms with E-state index in [1.165, 1.54) is 27.7 Å². The highest BCUT2D eigenvalue weighted by molar-refractivity contribution is 5.86. The fourth-order valence-electron chi connectivity index (χ4n) is 2.36. The summed E-state index contributed by atoms with van der Waals surface area (Å²) in [7, 11) is 2.14. The Morgan fingerprint density at radius 2 is 2.00 bits per heavy atom. The Labute approximate surface area is 97.1 Å². The van der Waals surface area contributed by atoms with Gasteiger partial charge in [-0.3, -0.25) is 0 Å². The summed E-state index contributed by atoms with van der Waals surface area (Å²) in [5.74, 6) is 0. The summed E-state index contributed by atoms with van der Waals surface area (Å²) in [5, 5.41) is 1.40. The van der Waals surface area contributed by atoms with Crippen LogP contribution in [0.1, 0.15) is 23.2 Å². The van der Waals surface area contributed by atoms with E-state index in [0.717, 1.165) is 19.4 Å². The van der Waals surface area contributed by atoms with Crippen molar-refractivity contribution in [2.45, 2.75) is 26.7 Å². The lowest BCUT2D eigenvalue weighted by atomic mass is 10.0. The highest BCUT2D eigenvalue weighted by Crippen LogP contribution is 2.26. The third kappa shape index (κ3) is 1.74. The van der Waals surface area contributed by atoms with E-state index >= 15 is 0 Å². The average Bonchev–Trinajstić information content (AvgIpc) is 2.50. The Morgan fingerprint density at radius 1 is 1.25 bits per heavy atom. The van der Waals surface area contributed by atoms with Gasteiger partial charge in [0.25, 0.3) is 0 Å². The first-order chi connectivity index (χ1) is 7.65. The quantitative estimate of drug-likeness (QED) is 0.840. The summed E-state index contributed by atoms with van der Waals surface area (Å²) in [4.78, 5) is 0. The molecule has 2 rings (SSSR count). The van der Waals surface area contributed by atoms with Crippen molar-refractivity contribution < 1.29 is 0 Å². The molecule has 0 radical (unpaired) electrons. The molecule has 2 aromatic rings. The maximum Gasteiger partial charge on any atom is 0.0482 e. The van der Waals surface area contributed by atoms with Crippen LogP contribution in [0, 0.1) is 13.8 Å². The molecule has 2 heteroatoms. The molecule has 0 spiro atoms. The van der Waals surface area contributed by atoms with E-state index in [-0.39, 0.29) is 0 Å². The second kappa shape index (κ2) is 4.30. The van der Waals surface area contributed by atoms with Gasteiger partial charge < -0.3 is 10.3 Å². The van der Waals surface area contributed by atoms with Crippen molar-refractivity contribution in [1.29, 1.82) is 0 Å². The van der Waals surface area contributed by atoms with Gasteiger partial charge in [-0.25, -0.2) is 0 Å². The van der Waals surface area contributed by atoms with Crippen molar-refractivity contribution in [2.24, 2.45) is 12.8 Å². The number of aromatic nitrogens is 1. The molecule has 86 valence electrons. The third-order valence-corrected chi connectivity index (χ3v) is 3.41. The fraction of sp³-hybridized carbons (Fsp3) is 0.429. The number of nitrogens with zero attached hydrogens (tertiary/aromatic N) is 1. The van der Waals surface area contributed by atoms with Crippen molar-refractivity contribution >= 4 is 10.9 Å². The molecule has 2 N–H and O–H groups in total. The van der Waals surface area contributed by atoms with Gasteiger partial charge in [0, 0.05) is 23.6 Å². The number of rotatable bonds is 3. The molecule has 0 atom stereocenters. The van der Waals surface area contributed by atoms with Crippen LogP contribution in [0.4, 0.5) is 0 Å². The molecule has 0 saturated heterocycles. The molecule has 1 aromatic carbocycles. The number of aryl methyl sites for hydroxylation is 3. The first-order valence-corrected chi connectivity index (χ1v) is 5.89. The molecule has 0 aliphatic heterocycles. The van der Waals surface area contributed by atoms with Crippen LogP contribution in [0.15, 0.2) is 18.2 Å². The molecule has 16 heavy (non-hydrogen) atoms. The standard InChI is InChI=1S/C14H20N2/c1-10-6-7-14-13(9-10)12(5-4-8-15)11(2)16(14)3/h6-7,9H,4-5,8,15H2,1-3H3.